The number of nitrogens with two attached hydrogens (primary N) is 1. The molecule has 1 aromatic rings. The van der Waals surface area contributed by atoms with E-state index in [-0.39, 0.29) is 5.41 Å². The third-order valence-corrected chi connectivity index (χ3v) is 5.57. The molecule has 3 unspecified atom stereocenters. The number of nitrogens with zero attached hydrogens (tertiary/aromatic N) is 1. The van der Waals surface area contributed by atoms with Gasteiger partial charge in [-0.25, -0.2) is 0 Å². The first-order valence-corrected chi connectivity index (χ1v) is 7.31. The fourth-order valence-electron chi connectivity index (χ4n) is 4.41. The van der Waals surface area contributed by atoms with Crippen molar-refractivity contribution in [1.82, 2.24) is 4.90 Å². The van der Waals surface area contributed by atoms with E-state index in [0.29, 0.717) is 17.7 Å². The molecule has 1 aliphatic heterocycles. The number of rotatable bonds is 2. The minimum absolute atomic E-state index is 0.165. The van der Waals surface area contributed by atoms with Gasteiger partial charge in [0.2, 0.25) is 0 Å². The molecule has 1 saturated heterocycles. The Bertz CT molecular complexity index is 488. The molecule has 1 heterocycles. The summed E-state index contributed by atoms with van der Waals surface area (Å²) in [6, 6.07) is 6.52. The van der Waals surface area contributed by atoms with Crippen molar-refractivity contribution in [3.8, 4) is 5.75 Å². The third-order valence-electron chi connectivity index (χ3n) is 5.57. The van der Waals surface area contributed by atoms with E-state index < -0.39 is 0 Å². The Hall–Kier alpha value is -1.06. The molecule has 0 amide bonds. The van der Waals surface area contributed by atoms with E-state index in [9.17, 15) is 5.11 Å². The first-order chi connectivity index (χ1) is 9.08. The lowest BCUT2D eigenvalue weighted by atomic mass is 9.56. The molecule has 1 fully saturated rings. The van der Waals surface area contributed by atoms with E-state index in [4.69, 9.17) is 5.73 Å². The second-order valence-electron chi connectivity index (χ2n) is 6.33. The Labute approximate surface area is 115 Å². The lowest BCUT2D eigenvalue weighted by Crippen LogP contribution is -2.58. The van der Waals surface area contributed by atoms with Crippen molar-refractivity contribution in [2.75, 3.05) is 20.1 Å². The van der Waals surface area contributed by atoms with Crippen LogP contribution in [0.2, 0.25) is 0 Å². The van der Waals surface area contributed by atoms with Crippen LogP contribution in [0.25, 0.3) is 0 Å². The predicted octanol–water partition coefficient (Wildman–Crippen LogP) is 1.88. The van der Waals surface area contributed by atoms with Gasteiger partial charge in [0.25, 0.3) is 0 Å². The number of likely N-dealkylation sites (tertiary alicyclic amines) is 1. The maximum Gasteiger partial charge on any atom is 0.115 e. The highest BCUT2D eigenvalue weighted by Gasteiger charge is 2.49. The summed E-state index contributed by atoms with van der Waals surface area (Å²) in [6.07, 6.45) is 3.27. The van der Waals surface area contributed by atoms with E-state index in [2.05, 4.69) is 24.9 Å². The summed E-state index contributed by atoms with van der Waals surface area (Å²) in [5.41, 5.74) is 8.83. The molecule has 104 valence electrons. The molecular formula is C16H24N2O. The Balaban J connectivity index is 2.15. The van der Waals surface area contributed by atoms with Crippen molar-refractivity contribution in [2.45, 2.75) is 37.6 Å². The lowest BCUT2D eigenvalue weighted by molar-refractivity contribution is 0.0371. The van der Waals surface area contributed by atoms with Crippen molar-refractivity contribution in [1.29, 1.82) is 0 Å². The molecule has 3 N–H and O–H groups in total. The molecule has 3 rings (SSSR count). The van der Waals surface area contributed by atoms with Gasteiger partial charge in [-0.3, -0.25) is 0 Å². The van der Waals surface area contributed by atoms with Gasteiger partial charge in [-0.2, -0.15) is 0 Å². The lowest BCUT2D eigenvalue weighted by Gasteiger charge is -2.55. The maximum absolute atomic E-state index is 9.86. The van der Waals surface area contributed by atoms with Gasteiger partial charge in [0, 0.05) is 11.5 Å². The zero-order chi connectivity index (χ0) is 13.6. The normalized spacial score (nSPS) is 34.1. The monoisotopic (exact) mass is 260 g/mol. The van der Waals surface area contributed by atoms with Crippen LogP contribution in [0.3, 0.4) is 0 Å². The fourth-order valence-corrected chi connectivity index (χ4v) is 4.41. The summed E-state index contributed by atoms with van der Waals surface area (Å²) in [4.78, 5) is 2.50. The Morgan fingerprint density at radius 1 is 1.47 bits per heavy atom. The summed E-state index contributed by atoms with van der Waals surface area (Å²) in [5, 5.41) is 9.86. The van der Waals surface area contributed by atoms with Gasteiger partial charge in [-0.1, -0.05) is 13.0 Å². The van der Waals surface area contributed by atoms with Crippen LogP contribution in [0.1, 0.15) is 30.9 Å². The molecule has 0 aromatic heterocycles. The molecule has 3 heteroatoms. The first-order valence-electron chi connectivity index (χ1n) is 7.31. The van der Waals surface area contributed by atoms with Crippen molar-refractivity contribution in [2.24, 2.45) is 11.7 Å². The van der Waals surface area contributed by atoms with E-state index in [1.165, 1.54) is 11.1 Å². The van der Waals surface area contributed by atoms with Crippen LogP contribution in [0.15, 0.2) is 18.2 Å². The highest BCUT2D eigenvalue weighted by atomic mass is 16.3. The summed E-state index contributed by atoms with van der Waals surface area (Å²) in [5.74, 6) is 0.990. The molecule has 2 bridgehead atoms. The summed E-state index contributed by atoms with van der Waals surface area (Å²) < 4.78 is 0. The standard InChI is InChI=1S/C16H24N2O/c1-11-15-9-12-3-4-13(19)10-14(12)16(11,5-7-17)6-8-18(15)2/h3-4,10-11,15,19H,5-9,17H2,1-2H3. The summed E-state index contributed by atoms with van der Waals surface area (Å²) >= 11 is 0. The zero-order valence-corrected chi connectivity index (χ0v) is 11.9. The molecule has 3 nitrogen and oxygen atoms in total. The number of likely N-dealkylation sites (N-methyl/N-ethyl adjacent to an activating group) is 1. The number of aromatic hydroxyl groups is 1. The topological polar surface area (TPSA) is 49.5 Å². The number of piperidine rings is 1. The molecule has 0 saturated carbocycles. The van der Waals surface area contributed by atoms with E-state index in [1.54, 1.807) is 0 Å². The molecule has 3 atom stereocenters. The SMILES string of the molecule is CC1C2Cc3ccc(O)cc3C1(CCN)CCN2C. The quantitative estimate of drug-likeness (QED) is 0.853. The van der Waals surface area contributed by atoms with Crippen molar-refractivity contribution >= 4 is 0 Å². The van der Waals surface area contributed by atoms with Crippen LogP contribution in [0, 0.1) is 5.92 Å². The Morgan fingerprint density at radius 3 is 3.00 bits per heavy atom. The van der Waals surface area contributed by atoms with E-state index in [0.717, 1.165) is 32.4 Å². The van der Waals surface area contributed by atoms with E-state index in [1.807, 2.05) is 12.1 Å². The highest BCUT2D eigenvalue weighted by Crippen LogP contribution is 2.50. The molecule has 19 heavy (non-hydrogen) atoms. The van der Waals surface area contributed by atoms with Crippen LogP contribution in [-0.2, 0) is 11.8 Å². The van der Waals surface area contributed by atoms with Crippen molar-refractivity contribution < 1.29 is 5.11 Å². The van der Waals surface area contributed by atoms with Crippen LogP contribution in [0.5, 0.6) is 5.75 Å². The van der Waals surface area contributed by atoms with Gasteiger partial charge in [0.1, 0.15) is 5.75 Å². The van der Waals surface area contributed by atoms with E-state index >= 15 is 0 Å². The van der Waals surface area contributed by atoms with Crippen LogP contribution < -0.4 is 5.73 Å². The highest BCUT2D eigenvalue weighted by molar-refractivity contribution is 5.44. The number of hydrogen-bond acceptors (Lipinski definition) is 3. The Kier molecular flexibility index (Phi) is 3.06. The molecular weight excluding hydrogens is 236 g/mol. The predicted molar refractivity (Wildman–Crippen MR) is 77.4 cm³/mol. The van der Waals surface area contributed by atoms with Crippen LogP contribution >= 0.6 is 0 Å². The zero-order valence-electron chi connectivity index (χ0n) is 11.9. The summed E-state index contributed by atoms with van der Waals surface area (Å²) in [7, 11) is 2.24. The van der Waals surface area contributed by atoms with Crippen LogP contribution in [-0.4, -0.2) is 36.2 Å². The van der Waals surface area contributed by atoms with Gasteiger partial charge >= 0.3 is 0 Å². The average Bonchev–Trinajstić information content (AvgIpc) is 2.38. The largest absolute Gasteiger partial charge is 0.508 e. The minimum atomic E-state index is 0.165. The number of fused-ring (bicyclic) bond motifs is 4. The molecule has 1 aliphatic carbocycles. The van der Waals surface area contributed by atoms with Gasteiger partial charge in [-0.15, -0.1) is 0 Å². The molecule has 2 aliphatic rings. The van der Waals surface area contributed by atoms with Gasteiger partial charge in [0.05, 0.1) is 0 Å². The smallest absolute Gasteiger partial charge is 0.115 e. The number of phenolic OH excluding ortho intramolecular Hbond substituents is 1. The second kappa shape index (κ2) is 4.50. The molecule has 0 spiro atoms. The molecule has 1 aromatic carbocycles. The maximum atomic E-state index is 9.86. The second-order valence-corrected chi connectivity index (χ2v) is 6.33. The fraction of sp³-hybridized carbons (Fsp3) is 0.625. The van der Waals surface area contributed by atoms with Crippen molar-refractivity contribution in [3.05, 3.63) is 29.3 Å². The number of benzene rings is 1. The average molecular weight is 260 g/mol. The first kappa shape index (κ1) is 12.9. The van der Waals surface area contributed by atoms with Gasteiger partial charge < -0.3 is 15.7 Å². The van der Waals surface area contributed by atoms with Gasteiger partial charge in [-0.05, 0) is 68.6 Å². The minimum Gasteiger partial charge on any atom is -0.508 e. The number of phenols is 1. The van der Waals surface area contributed by atoms with Crippen LogP contribution in [0.4, 0.5) is 0 Å². The molecule has 0 radical (unpaired) electrons. The Morgan fingerprint density at radius 2 is 2.26 bits per heavy atom. The van der Waals surface area contributed by atoms with Crippen molar-refractivity contribution in [3.63, 3.8) is 0 Å². The third kappa shape index (κ3) is 1.79. The number of hydrogen-bond donors (Lipinski definition) is 2. The van der Waals surface area contributed by atoms with Gasteiger partial charge in [0.15, 0.2) is 0 Å². The summed E-state index contributed by atoms with van der Waals surface area (Å²) in [6.45, 7) is 4.21.